The van der Waals surface area contributed by atoms with Gasteiger partial charge in [0, 0.05) is 24.8 Å². The van der Waals surface area contributed by atoms with Crippen LogP contribution in [0, 0.1) is 0 Å². The smallest absolute Gasteiger partial charge is 0.286 e. The highest BCUT2D eigenvalue weighted by molar-refractivity contribution is 5.92. The van der Waals surface area contributed by atoms with E-state index in [4.69, 9.17) is 4.74 Å². The quantitative estimate of drug-likeness (QED) is 0.865. The van der Waals surface area contributed by atoms with Crippen LogP contribution in [-0.2, 0) is 6.54 Å². The van der Waals surface area contributed by atoms with Crippen LogP contribution in [0.15, 0.2) is 29.1 Å². The van der Waals surface area contributed by atoms with Gasteiger partial charge < -0.3 is 15.0 Å². The molecule has 0 radical (unpaired) electrons. The molecule has 1 aromatic heterocycles. The van der Waals surface area contributed by atoms with Crippen molar-refractivity contribution >= 4 is 17.5 Å². The Bertz CT molecular complexity index is 887. The minimum absolute atomic E-state index is 0.126. The van der Waals surface area contributed by atoms with Gasteiger partial charge in [0.1, 0.15) is 5.75 Å². The molecule has 8 heteroatoms. The summed E-state index contributed by atoms with van der Waals surface area (Å²) >= 11 is 0. The van der Waals surface area contributed by atoms with Crippen molar-refractivity contribution in [3.8, 4) is 5.75 Å². The first-order chi connectivity index (χ1) is 13.2. The van der Waals surface area contributed by atoms with E-state index in [-0.39, 0.29) is 17.3 Å². The molecule has 0 atom stereocenters. The van der Waals surface area contributed by atoms with E-state index in [9.17, 15) is 9.59 Å². The molecule has 1 amide bonds. The SMILES string of the molecule is CCOc1ccc(N2CCn3c2nnc(C(=O)NC2CCCC2)c3=O)cc1. The fraction of sp³-hybridized carbons (Fsp3) is 0.474. The molecule has 2 aromatic rings. The molecular formula is C19H23N5O3. The minimum atomic E-state index is -0.422. The number of rotatable bonds is 5. The lowest BCUT2D eigenvalue weighted by atomic mass is 10.2. The number of aromatic nitrogens is 3. The number of carbonyl (C=O) groups excluding carboxylic acids is 1. The van der Waals surface area contributed by atoms with Crippen molar-refractivity contribution in [3.63, 3.8) is 0 Å². The van der Waals surface area contributed by atoms with Crippen LogP contribution in [0.25, 0.3) is 0 Å². The van der Waals surface area contributed by atoms with E-state index >= 15 is 0 Å². The maximum Gasteiger partial charge on any atom is 0.286 e. The van der Waals surface area contributed by atoms with Crippen molar-refractivity contribution < 1.29 is 9.53 Å². The van der Waals surface area contributed by atoms with Crippen LogP contribution in [0.1, 0.15) is 43.1 Å². The van der Waals surface area contributed by atoms with Gasteiger partial charge in [-0.05, 0) is 44.0 Å². The van der Waals surface area contributed by atoms with E-state index in [0.29, 0.717) is 25.6 Å². The second kappa shape index (κ2) is 7.38. The zero-order valence-corrected chi connectivity index (χ0v) is 15.4. The van der Waals surface area contributed by atoms with Crippen LogP contribution in [0.3, 0.4) is 0 Å². The van der Waals surface area contributed by atoms with E-state index in [1.807, 2.05) is 36.1 Å². The van der Waals surface area contributed by atoms with Crippen LogP contribution >= 0.6 is 0 Å². The molecule has 8 nitrogen and oxygen atoms in total. The minimum Gasteiger partial charge on any atom is -0.494 e. The molecule has 2 heterocycles. The monoisotopic (exact) mass is 369 g/mol. The van der Waals surface area contributed by atoms with E-state index in [2.05, 4.69) is 15.5 Å². The van der Waals surface area contributed by atoms with E-state index < -0.39 is 5.91 Å². The highest BCUT2D eigenvalue weighted by Gasteiger charge is 2.28. The summed E-state index contributed by atoms with van der Waals surface area (Å²) in [5.74, 6) is 0.832. The molecule has 142 valence electrons. The second-order valence-corrected chi connectivity index (χ2v) is 6.84. The van der Waals surface area contributed by atoms with Crippen LogP contribution in [-0.4, -0.2) is 39.9 Å². The highest BCUT2D eigenvalue weighted by Crippen LogP contribution is 2.28. The van der Waals surface area contributed by atoms with Crippen LogP contribution in [0.2, 0.25) is 0 Å². The first kappa shape index (κ1) is 17.5. The summed E-state index contributed by atoms with van der Waals surface area (Å²) in [6.45, 7) is 3.62. The fourth-order valence-corrected chi connectivity index (χ4v) is 3.71. The number of hydrogen-bond acceptors (Lipinski definition) is 6. The van der Waals surface area contributed by atoms with Gasteiger partial charge in [-0.1, -0.05) is 12.8 Å². The predicted molar refractivity (Wildman–Crippen MR) is 101 cm³/mol. The van der Waals surface area contributed by atoms with Gasteiger partial charge in [-0.3, -0.25) is 14.2 Å². The Hall–Kier alpha value is -2.90. The lowest BCUT2D eigenvalue weighted by Gasteiger charge is -2.17. The molecule has 0 unspecified atom stereocenters. The molecule has 1 N–H and O–H groups in total. The summed E-state index contributed by atoms with van der Waals surface area (Å²) in [6.07, 6.45) is 4.13. The largest absolute Gasteiger partial charge is 0.494 e. The number of benzene rings is 1. The Kier molecular flexibility index (Phi) is 4.79. The normalized spacial score (nSPS) is 16.4. The number of nitrogens with zero attached hydrogens (tertiary/aromatic N) is 4. The van der Waals surface area contributed by atoms with Gasteiger partial charge >= 0.3 is 0 Å². The average molecular weight is 369 g/mol. The highest BCUT2D eigenvalue weighted by atomic mass is 16.5. The molecule has 0 spiro atoms. The summed E-state index contributed by atoms with van der Waals surface area (Å²) in [5, 5.41) is 11.0. The van der Waals surface area contributed by atoms with Crippen molar-refractivity contribution in [2.24, 2.45) is 0 Å². The van der Waals surface area contributed by atoms with Gasteiger partial charge in [0.25, 0.3) is 11.5 Å². The molecule has 1 aromatic carbocycles. The van der Waals surface area contributed by atoms with Gasteiger partial charge in [-0.25, -0.2) is 0 Å². The Morgan fingerprint density at radius 2 is 1.93 bits per heavy atom. The zero-order valence-electron chi connectivity index (χ0n) is 15.4. The maximum atomic E-state index is 12.7. The summed E-state index contributed by atoms with van der Waals surface area (Å²) in [7, 11) is 0. The zero-order chi connectivity index (χ0) is 18.8. The van der Waals surface area contributed by atoms with Crippen molar-refractivity contribution in [2.75, 3.05) is 18.1 Å². The molecule has 27 heavy (non-hydrogen) atoms. The van der Waals surface area contributed by atoms with Crippen molar-refractivity contribution in [1.82, 2.24) is 20.1 Å². The third-order valence-corrected chi connectivity index (χ3v) is 5.08. The molecule has 0 bridgehead atoms. The number of carbonyl (C=O) groups is 1. The van der Waals surface area contributed by atoms with Gasteiger partial charge in [-0.15, -0.1) is 10.2 Å². The maximum absolute atomic E-state index is 12.7. The topological polar surface area (TPSA) is 89.3 Å². The van der Waals surface area contributed by atoms with Crippen molar-refractivity contribution in [2.45, 2.75) is 45.2 Å². The molecule has 1 aliphatic carbocycles. The number of hydrogen-bond donors (Lipinski definition) is 1. The third kappa shape index (κ3) is 3.39. The first-order valence-corrected chi connectivity index (χ1v) is 9.46. The Labute approximate surface area is 157 Å². The molecule has 1 fully saturated rings. The van der Waals surface area contributed by atoms with Gasteiger partial charge in [0.2, 0.25) is 11.6 Å². The van der Waals surface area contributed by atoms with Gasteiger partial charge in [0.15, 0.2) is 0 Å². The van der Waals surface area contributed by atoms with E-state index in [1.165, 1.54) is 4.57 Å². The Morgan fingerprint density at radius 1 is 1.19 bits per heavy atom. The average Bonchev–Trinajstić information content (AvgIpc) is 3.33. The number of ether oxygens (including phenoxy) is 1. The summed E-state index contributed by atoms with van der Waals surface area (Å²) in [4.78, 5) is 27.1. The van der Waals surface area contributed by atoms with Crippen LogP contribution in [0.4, 0.5) is 11.6 Å². The van der Waals surface area contributed by atoms with Crippen LogP contribution in [0.5, 0.6) is 5.75 Å². The summed E-state index contributed by atoms with van der Waals surface area (Å²) in [5.41, 5.74) is 0.393. The predicted octanol–water partition coefficient (Wildman–Crippen LogP) is 1.86. The van der Waals surface area contributed by atoms with E-state index in [1.54, 1.807) is 0 Å². The Balaban J connectivity index is 1.56. The fourth-order valence-electron chi connectivity index (χ4n) is 3.71. The van der Waals surface area contributed by atoms with Crippen molar-refractivity contribution in [1.29, 1.82) is 0 Å². The molecule has 1 saturated carbocycles. The second-order valence-electron chi connectivity index (χ2n) is 6.84. The number of fused-ring (bicyclic) bond motifs is 1. The lowest BCUT2D eigenvalue weighted by Crippen LogP contribution is -2.39. The Morgan fingerprint density at radius 3 is 2.63 bits per heavy atom. The molecular weight excluding hydrogens is 346 g/mol. The number of anilines is 2. The van der Waals surface area contributed by atoms with Crippen LogP contribution < -0.4 is 20.5 Å². The summed E-state index contributed by atoms with van der Waals surface area (Å²) in [6, 6.07) is 7.76. The van der Waals surface area contributed by atoms with Gasteiger partial charge in [0.05, 0.1) is 6.61 Å². The van der Waals surface area contributed by atoms with Gasteiger partial charge in [-0.2, -0.15) is 0 Å². The summed E-state index contributed by atoms with van der Waals surface area (Å²) < 4.78 is 6.98. The molecule has 1 aliphatic heterocycles. The molecule has 2 aliphatic rings. The third-order valence-electron chi connectivity index (χ3n) is 5.08. The lowest BCUT2D eigenvalue weighted by molar-refractivity contribution is 0.0929. The first-order valence-electron chi connectivity index (χ1n) is 9.46. The van der Waals surface area contributed by atoms with E-state index in [0.717, 1.165) is 37.1 Å². The number of nitrogens with one attached hydrogen (secondary N) is 1. The van der Waals surface area contributed by atoms with Crippen molar-refractivity contribution in [3.05, 3.63) is 40.3 Å². The standard InChI is InChI=1S/C19H23N5O3/c1-2-27-15-9-7-14(8-10-15)23-11-12-24-18(26)16(21-22-19(23)24)17(25)20-13-5-3-4-6-13/h7-10,13H,2-6,11-12H2,1H3,(H,20,25). The molecule has 4 rings (SSSR count). The number of amides is 1. The molecule has 0 saturated heterocycles.